The Hall–Kier alpha value is -4.13. The summed E-state index contributed by atoms with van der Waals surface area (Å²) in [5, 5.41) is 13.4. The lowest BCUT2D eigenvalue weighted by Crippen LogP contribution is -2.37. The number of hydrogen-bond acceptors (Lipinski definition) is 7. The Bertz CT molecular complexity index is 1240. The van der Waals surface area contributed by atoms with Crippen LogP contribution in [0, 0.1) is 0 Å². The van der Waals surface area contributed by atoms with Gasteiger partial charge in [-0.2, -0.15) is 0 Å². The number of nitrogens with one attached hydrogen (secondary N) is 4. The molecule has 0 saturated carbocycles. The van der Waals surface area contributed by atoms with Crippen molar-refractivity contribution in [3.8, 4) is 22.4 Å². The summed E-state index contributed by atoms with van der Waals surface area (Å²) in [6.45, 7) is 0.642. The lowest BCUT2D eigenvalue weighted by molar-refractivity contribution is 0.628. The van der Waals surface area contributed by atoms with Crippen LogP contribution in [-0.2, 0) is 0 Å². The first-order valence-corrected chi connectivity index (χ1v) is 9.88. The number of nitrogens with zero attached hydrogens (tertiary/aromatic N) is 3. The molecule has 6 rings (SSSR count). The Labute approximate surface area is 173 Å². The normalized spacial score (nSPS) is 17.5. The first-order chi connectivity index (χ1) is 14.9. The predicted octanol–water partition coefficient (Wildman–Crippen LogP) is 3.53. The van der Waals surface area contributed by atoms with E-state index in [1.165, 1.54) is 11.1 Å². The number of aromatic nitrogens is 3. The quantitative estimate of drug-likeness (QED) is 0.424. The number of pyridine rings is 1. The van der Waals surface area contributed by atoms with Gasteiger partial charge in [0.25, 0.3) is 0 Å². The van der Waals surface area contributed by atoms with Gasteiger partial charge in [-0.1, -0.05) is 18.2 Å². The molecule has 0 fully saturated rings. The van der Waals surface area contributed by atoms with Gasteiger partial charge in [-0.25, -0.2) is 15.0 Å². The summed E-state index contributed by atoms with van der Waals surface area (Å²) in [4.78, 5) is 14.0. The average molecular weight is 393 g/mol. The zero-order valence-electron chi connectivity index (χ0n) is 16.1. The second-order valence-electron chi connectivity index (χ2n) is 7.29. The first kappa shape index (κ1) is 16.8. The molecule has 1 unspecified atom stereocenters. The van der Waals surface area contributed by atoms with Gasteiger partial charge in [-0.05, 0) is 48.3 Å². The van der Waals surface area contributed by atoms with Crippen molar-refractivity contribution in [1.82, 2.24) is 25.6 Å². The lowest BCUT2D eigenvalue weighted by Gasteiger charge is -2.21. The minimum Gasteiger partial charge on any atom is -0.368 e. The summed E-state index contributed by atoms with van der Waals surface area (Å²) in [5.41, 5.74) is 7.31. The zero-order chi connectivity index (χ0) is 19.9. The van der Waals surface area contributed by atoms with E-state index >= 15 is 0 Å². The van der Waals surface area contributed by atoms with Crippen LogP contribution in [0.4, 0.5) is 17.5 Å². The largest absolute Gasteiger partial charge is 0.368 e. The Morgan fingerprint density at radius 1 is 0.900 bits per heavy atom. The van der Waals surface area contributed by atoms with E-state index in [0.29, 0.717) is 12.5 Å². The highest BCUT2D eigenvalue weighted by atomic mass is 15.1. The lowest BCUT2D eigenvalue weighted by atomic mass is 10.0. The van der Waals surface area contributed by atoms with Crippen LogP contribution in [0.5, 0.6) is 0 Å². The van der Waals surface area contributed by atoms with Gasteiger partial charge >= 0.3 is 0 Å². The number of hydrogen-bond donors (Lipinski definition) is 4. The van der Waals surface area contributed by atoms with Crippen molar-refractivity contribution in [2.24, 2.45) is 0 Å². The second-order valence-corrected chi connectivity index (χ2v) is 7.29. The van der Waals surface area contributed by atoms with Gasteiger partial charge < -0.3 is 21.3 Å². The molecule has 5 heterocycles. The third kappa shape index (κ3) is 2.71. The summed E-state index contributed by atoms with van der Waals surface area (Å²) in [6, 6.07) is 12.1. The molecule has 1 aromatic carbocycles. The molecule has 3 aliphatic rings. The third-order valence-corrected chi connectivity index (χ3v) is 5.51. The fourth-order valence-electron chi connectivity index (χ4n) is 4.05. The summed E-state index contributed by atoms with van der Waals surface area (Å²) >= 11 is 0. The maximum absolute atomic E-state index is 4.89. The fraction of sp³-hybridized carbons (Fsp3) is 0.0870. The minimum atomic E-state index is 0.139. The standard InChI is InChI=1S/C23H19N7/c1-2-6-19-16(4-1)18-13-28-23(30-20(18)17-5-3-9-24-22(17)29-19)27-12-14-7-10-25-21-15(14)8-11-26-21/h1-11,13,21,25-26H,12H2,(H,24,29)(H,27,28,30). The number of fused-ring (bicyclic) bond motifs is 6. The Morgan fingerprint density at radius 3 is 2.73 bits per heavy atom. The Balaban J connectivity index is 1.39. The van der Waals surface area contributed by atoms with E-state index in [1.807, 2.05) is 48.9 Å². The molecule has 0 spiro atoms. The van der Waals surface area contributed by atoms with Crippen LogP contribution in [0.25, 0.3) is 22.4 Å². The number of benzene rings is 1. The topological polar surface area (TPSA) is 86.8 Å². The van der Waals surface area contributed by atoms with Crippen LogP contribution in [0.3, 0.4) is 0 Å². The van der Waals surface area contributed by atoms with Crippen LogP contribution in [0.15, 0.2) is 84.5 Å². The number of anilines is 3. The molecular weight excluding hydrogens is 374 g/mol. The fourth-order valence-corrected chi connectivity index (χ4v) is 4.05. The molecule has 146 valence electrons. The molecule has 3 aromatic rings. The molecular formula is C23H19N7. The van der Waals surface area contributed by atoms with E-state index in [-0.39, 0.29) is 6.17 Å². The summed E-state index contributed by atoms with van der Waals surface area (Å²) in [7, 11) is 0. The molecule has 4 N–H and O–H groups in total. The van der Waals surface area contributed by atoms with Crippen molar-refractivity contribution in [3.63, 3.8) is 0 Å². The molecule has 0 amide bonds. The van der Waals surface area contributed by atoms with Gasteiger partial charge in [0.15, 0.2) is 0 Å². The van der Waals surface area contributed by atoms with Crippen LogP contribution in [-0.4, -0.2) is 27.7 Å². The van der Waals surface area contributed by atoms with Gasteiger partial charge in [0.1, 0.15) is 12.0 Å². The molecule has 0 aliphatic carbocycles. The van der Waals surface area contributed by atoms with E-state index < -0.39 is 0 Å². The van der Waals surface area contributed by atoms with Crippen LogP contribution >= 0.6 is 0 Å². The van der Waals surface area contributed by atoms with Gasteiger partial charge in [0.2, 0.25) is 5.95 Å². The molecule has 0 saturated heterocycles. The smallest absolute Gasteiger partial charge is 0.223 e. The summed E-state index contributed by atoms with van der Waals surface area (Å²) < 4.78 is 0. The summed E-state index contributed by atoms with van der Waals surface area (Å²) in [5.74, 6) is 1.39. The van der Waals surface area contributed by atoms with Crippen LogP contribution < -0.4 is 21.3 Å². The highest BCUT2D eigenvalue weighted by Crippen LogP contribution is 2.42. The van der Waals surface area contributed by atoms with Gasteiger partial charge in [0.05, 0.1) is 5.69 Å². The number of para-hydroxylation sites is 1. The highest BCUT2D eigenvalue weighted by molar-refractivity contribution is 5.95. The van der Waals surface area contributed by atoms with Gasteiger partial charge in [-0.15, -0.1) is 0 Å². The van der Waals surface area contributed by atoms with E-state index in [9.17, 15) is 0 Å². The van der Waals surface area contributed by atoms with Crippen molar-refractivity contribution < 1.29 is 0 Å². The van der Waals surface area contributed by atoms with Crippen molar-refractivity contribution in [2.75, 3.05) is 17.2 Å². The van der Waals surface area contributed by atoms with Gasteiger partial charge in [-0.3, -0.25) is 0 Å². The molecule has 30 heavy (non-hydrogen) atoms. The Kier molecular flexibility index (Phi) is 3.77. The van der Waals surface area contributed by atoms with Gasteiger partial charge in [0, 0.05) is 46.9 Å². The molecule has 0 bridgehead atoms. The highest BCUT2D eigenvalue weighted by Gasteiger charge is 2.23. The average Bonchev–Trinajstić information content (AvgIpc) is 3.23. The SMILES string of the molecule is C1=CC(CNc2ncc3c(n2)-c2cccnc2Nc2ccccc2-3)=C2C=CNC2N1. The molecule has 3 aliphatic heterocycles. The minimum absolute atomic E-state index is 0.139. The van der Waals surface area contributed by atoms with Crippen LogP contribution in [0.1, 0.15) is 0 Å². The van der Waals surface area contributed by atoms with E-state index in [0.717, 1.165) is 33.9 Å². The van der Waals surface area contributed by atoms with Crippen molar-refractivity contribution in [2.45, 2.75) is 6.17 Å². The van der Waals surface area contributed by atoms with Crippen molar-refractivity contribution >= 4 is 17.5 Å². The summed E-state index contributed by atoms with van der Waals surface area (Å²) in [6.07, 6.45) is 11.9. The van der Waals surface area contributed by atoms with Crippen LogP contribution in [0.2, 0.25) is 0 Å². The second kappa shape index (κ2) is 6.73. The van der Waals surface area contributed by atoms with E-state index in [1.54, 1.807) is 6.20 Å². The molecule has 0 radical (unpaired) electrons. The third-order valence-electron chi connectivity index (χ3n) is 5.51. The monoisotopic (exact) mass is 393 g/mol. The molecule has 2 aromatic heterocycles. The predicted molar refractivity (Wildman–Crippen MR) is 118 cm³/mol. The molecule has 1 atom stereocenters. The number of dihydropyridines is 1. The van der Waals surface area contributed by atoms with Crippen molar-refractivity contribution in [1.29, 1.82) is 0 Å². The Morgan fingerprint density at radius 2 is 1.77 bits per heavy atom. The maximum Gasteiger partial charge on any atom is 0.223 e. The maximum atomic E-state index is 4.89. The zero-order valence-corrected chi connectivity index (χ0v) is 16.1. The van der Waals surface area contributed by atoms with Crippen molar-refractivity contribution in [3.05, 3.63) is 84.5 Å². The molecule has 7 heteroatoms. The molecule has 7 nitrogen and oxygen atoms in total. The van der Waals surface area contributed by atoms with E-state index in [4.69, 9.17) is 4.98 Å². The number of rotatable bonds is 3. The first-order valence-electron chi connectivity index (χ1n) is 9.88. The van der Waals surface area contributed by atoms with E-state index in [2.05, 4.69) is 49.5 Å².